The van der Waals surface area contributed by atoms with Gasteiger partial charge in [0.25, 0.3) is 0 Å². The molecule has 0 spiro atoms. The minimum atomic E-state index is -0.753. The minimum Gasteiger partial charge on any atom is -0.444 e. The summed E-state index contributed by atoms with van der Waals surface area (Å²) in [6.45, 7) is 5.74. The third-order valence-electron chi connectivity index (χ3n) is 5.64. The highest BCUT2D eigenvalue weighted by Gasteiger charge is 2.38. The zero-order valence-corrected chi connectivity index (χ0v) is 18.7. The molecule has 1 aromatic heterocycles. The van der Waals surface area contributed by atoms with Crippen molar-refractivity contribution in [2.24, 2.45) is 0 Å². The number of ether oxygens (including phenoxy) is 2. The standard InChI is InChI=1S/C23H26ClNO6/c1-23(2,3)31-22(28)25-10-6-9-17(25)21(27)30-19-12-18-15(11-16(19)24)13-7-4-5-8-14(13)20(26)29-18/h11-12,17H,4-10H2,1-3H3/t17-/m1/s1. The van der Waals surface area contributed by atoms with Crippen molar-refractivity contribution in [3.8, 4) is 5.75 Å². The molecule has 0 bridgehead atoms. The van der Waals surface area contributed by atoms with Gasteiger partial charge in [0.2, 0.25) is 0 Å². The molecule has 1 atom stereocenters. The van der Waals surface area contributed by atoms with Gasteiger partial charge >= 0.3 is 17.7 Å². The van der Waals surface area contributed by atoms with Crippen LogP contribution in [0.25, 0.3) is 11.0 Å². The summed E-state index contributed by atoms with van der Waals surface area (Å²) in [4.78, 5) is 39.1. The largest absolute Gasteiger partial charge is 0.444 e. The van der Waals surface area contributed by atoms with E-state index in [2.05, 4.69) is 0 Å². The second-order valence-electron chi connectivity index (χ2n) is 9.09. The second kappa shape index (κ2) is 8.19. The van der Waals surface area contributed by atoms with Gasteiger partial charge in [-0.2, -0.15) is 0 Å². The van der Waals surface area contributed by atoms with Gasteiger partial charge < -0.3 is 13.9 Å². The SMILES string of the molecule is CC(C)(C)OC(=O)N1CCC[C@@H]1C(=O)Oc1cc2oc(=O)c3c(c2cc1Cl)CCCC3. The molecule has 1 saturated heterocycles. The fourth-order valence-electron chi connectivity index (χ4n) is 4.25. The lowest BCUT2D eigenvalue weighted by Gasteiger charge is -2.27. The number of hydrogen-bond acceptors (Lipinski definition) is 6. The fraction of sp³-hybridized carbons (Fsp3) is 0.522. The van der Waals surface area contributed by atoms with Crippen molar-refractivity contribution in [2.75, 3.05) is 6.54 Å². The van der Waals surface area contributed by atoms with E-state index in [-0.39, 0.29) is 16.4 Å². The highest BCUT2D eigenvalue weighted by molar-refractivity contribution is 6.33. The Morgan fingerprint density at radius 1 is 1.13 bits per heavy atom. The Morgan fingerprint density at radius 3 is 2.55 bits per heavy atom. The molecule has 2 aliphatic rings. The molecule has 1 aliphatic carbocycles. The van der Waals surface area contributed by atoms with Crippen molar-refractivity contribution in [3.63, 3.8) is 0 Å². The molecule has 0 unspecified atom stereocenters. The van der Waals surface area contributed by atoms with E-state index in [0.29, 0.717) is 37.0 Å². The first-order valence-electron chi connectivity index (χ1n) is 10.6. The number of hydrogen-bond donors (Lipinski definition) is 0. The first-order chi connectivity index (χ1) is 14.6. The third kappa shape index (κ3) is 4.42. The number of fused-ring (bicyclic) bond motifs is 3. The summed E-state index contributed by atoms with van der Waals surface area (Å²) in [5.41, 5.74) is 0.997. The van der Waals surface area contributed by atoms with Crippen LogP contribution < -0.4 is 10.4 Å². The van der Waals surface area contributed by atoms with E-state index >= 15 is 0 Å². The van der Waals surface area contributed by atoms with E-state index in [1.165, 1.54) is 11.0 Å². The Labute approximate surface area is 185 Å². The van der Waals surface area contributed by atoms with E-state index < -0.39 is 23.7 Å². The fourth-order valence-corrected chi connectivity index (χ4v) is 4.45. The number of aryl methyl sites for hydroxylation is 1. The van der Waals surface area contributed by atoms with Crippen molar-refractivity contribution < 1.29 is 23.5 Å². The van der Waals surface area contributed by atoms with Crippen LogP contribution in [-0.4, -0.2) is 35.2 Å². The third-order valence-corrected chi connectivity index (χ3v) is 5.93. The van der Waals surface area contributed by atoms with Gasteiger partial charge in [-0.25, -0.2) is 14.4 Å². The van der Waals surface area contributed by atoms with Crippen LogP contribution in [0.3, 0.4) is 0 Å². The first kappa shape index (κ1) is 21.7. The number of carbonyl (C=O) groups is 2. The van der Waals surface area contributed by atoms with E-state index in [1.54, 1.807) is 26.8 Å². The zero-order valence-electron chi connectivity index (χ0n) is 18.0. The molecule has 0 radical (unpaired) electrons. The molecule has 8 heteroatoms. The van der Waals surface area contributed by atoms with Crippen molar-refractivity contribution in [1.29, 1.82) is 0 Å². The number of halogens is 1. The lowest BCUT2D eigenvalue weighted by Crippen LogP contribution is -2.44. The molecule has 31 heavy (non-hydrogen) atoms. The van der Waals surface area contributed by atoms with Gasteiger partial charge in [-0.05, 0) is 70.9 Å². The molecule has 2 aromatic rings. The van der Waals surface area contributed by atoms with Crippen LogP contribution >= 0.6 is 11.6 Å². The average molecular weight is 448 g/mol. The number of amides is 1. The monoisotopic (exact) mass is 447 g/mol. The van der Waals surface area contributed by atoms with Crippen molar-refractivity contribution >= 4 is 34.6 Å². The van der Waals surface area contributed by atoms with Crippen LogP contribution in [0, 0.1) is 0 Å². The molecule has 4 rings (SSSR count). The highest BCUT2D eigenvalue weighted by Crippen LogP contribution is 2.35. The van der Waals surface area contributed by atoms with Gasteiger partial charge in [-0.1, -0.05) is 11.6 Å². The topological polar surface area (TPSA) is 86.1 Å². The smallest absolute Gasteiger partial charge is 0.411 e. The summed E-state index contributed by atoms with van der Waals surface area (Å²) in [5, 5.41) is 1.03. The van der Waals surface area contributed by atoms with Gasteiger partial charge in [-0.3, -0.25) is 4.90 Å². The number of rotatable bonds is 2. The Balaban J connectivity index is 1.59. The molecular formula is C23H26ClNO6. The van der Waals surface area contributed by atoms with Crippen LogP contribution in [0.4, 0.5) is 4.79 Å². The van der Waals surface area contributed by atoms with Gasteiger partial charge in [0.05, 0.1) is 5.02 Å². The molecule has 0 N–H and O–H groups in total. The quantitative estimate of drug-likeness (QED) is 0.379. The van der Waals surface area contributed by atoms with Crippen LogP contribution in [-0.2, 0) is 22.4 Å². The summed E-state index contributed by atoms with van der Waals surface area (Å²) in [7, 11) is 0. The van der Waals surface area contributed by atoms with Gasteiger partial charge in [0, 0.05) is 23.6 Å². The summed E-state index contributed by atoms with van der Waals surface area (Å²) in [5.74, 6) is -0.487. The molecular weight excluding hydrogens is 422 g/mol. The molecule has 1 aromatic carbocycles. The summed E-state index contributed by atoms with van der Waals surface area (Å²) < 4.78 is 16.4. The molecule has 1 aliphatic heterocycles. The lowest BCUT2D eigenvalue weighted by atomic mass is 9.91. The van der Waals surface area contributed by atoms with E-state index in [0.717, 1.165) is 30.2 Å². The highest BCUT2D eigenvalue weighted by atomic mass is 35.5. The predicted molar refractivity (Wildman–Crippen MR) is 116 cm³/mol. The van der Waals surface area contributed by atoms with Gasteiger partial charge in [0.1, 0.15) is 17.2 Å². The van der Waals surface area contributed by atoms with E-state index in [1.807, 2.05) is 0 Å². The van der Waals surface area contributed by atoms with Crippen LogP contribution in [0.5, 0.6) is 5.75 Å². The molecule has 1 amide bonds. The van der Waals surface area contributed by atoms with Crippen LogP contribution in [0.2, 0.25) is 5.02 Å². The lowest BCUT2D eigenvalue weighted by molar-refractivity contribution is -0.139. The molecule has 1 fully saturated rings. The van der Waals surface area contributed by atoms with Crippen LogP contribution in [0.1, 0.15) is 57.6 Å². The van der Waals surface area contributed by atoms with E-state index in [4.69, 9.17) is 25.5 Å². The summed E-state index contributed by atoms with van der Waals surface area (Å²) in [6, 6.07) is 2.42. The average Bonchev–Trinajstić information content (AvgIpc) is 3.19. The number of nitrogens with zero attached hydrogens (tertiary/aromatic N) is 1. The van der Waals surface area contributed by atoms with Gasteiger partial charge in [-0.15, -0.1) is 0 Å². The normalized spacial score (nSPS) is 18.7. The van der Waals surface area contributed by atoms with Crippen molar-refractivity contribution in [3.05, 3.63) is 38.7 Å². The van der Waals surface area contributed by atoms with Crippen molar-refractivity contribution in [1.82, 2.24) is 4.90 Å². The summed E-state index contributed by atoms with van der Waals surface area (Å²) in [6.07, 6.45) is 4.06. The predicted octanol–water partition coefficient (Wildman–Crippen LogP) is 4.63. The Hall–Kier alpha value is -2.54. The summed E-state index contributed by atoms with van der Waals surface area (Å²) >= 11 is 6.42. The maximum absolute atomic E-state index is 12.9. The second-order valence-corrected chi connectivity index (χ2v) is 9.49. The number of benzene rings is 1. The Kier molecular flexibility index (Phi) is 5.73. The molecule has 0 saturated carbocycles. The maximum Gasteiger partial charge on any atom is 0.411 e. The molecule has 7 nitrogen and oxygen atoms in total. The molecule has 166 valence electrons. The number of carbonyl (C=O) groups excluding carboxylic acids is 2. The maximum atomic E-state index is 12.9. The minimum absolute atomic E-state index is 0.106. The number of esters is 1. The number of likely N-dealkylation sites (tertiary alicyclic amines) is 1. The Bertz CT molecular complexity index is 1100. The van der Waals surface area contributed by atoms with Crippen LogP contribution in [0.15, 0.2) is 21.3 Å². The molecule has 2 heterocycles. The van der Waals surface area contributed by atoms with E-state index in [9.17, 15) is 14.4 Å². The zero-order chi connectivity index (χ0) is 22.3. The first-order valence-corrected chi connectivity index (χ1v) is 11.0. The van der Waals surface area contributed by atoms with Gasteiger partial charge in [0.15, 0.2) is 5.75 Å². The Morgan fingerprint density at radius 2 is 1.84 bits per heavy atom. The van der Waals surface area contributed by atoms with Crippen molar-refractivity contribution in [2.45, 2.75) is 70.9 Å².